The van der Waals surface area contributed by atoms with Crippen molar-refractivity contribution >= 4 is 0 Å². The molecule has 1 aromatic rings. The van der Waals surface area contributed by atoms with E-state index in [1.807, 2.05) is 0 Å². The van der Waals surface area contributed by atoms with Crippen LogP contribution in [0.3, 0.4) is 0 Å². The second-order valence-corrected chi connectivity index (χ2v) is 7.21. The van der Waals surface area contributed by atoms with Gasteiger partial charge in [0.05, 0.1) is 6.61 Å². The van der Waals surface area contributed by atoms with Crippen LogP contribution >= 0.6 is 0 Å². The van der Waals surface area contributed by atoms with E-state index >= 15 is 0 Å². The van der Waals surface area contributed by atoms with E-state index in [1.54, 1.807) is 0 Å². The first-order valence-corrected chi connectivity index (χ1v) is 8.03. The molecule has 0 bridgehead atoms. The summed E-state index contributed by atoms with van der Waals surface area (Å²) in [6.07, 6.45) is 3.94. The molecule has 0 spiro atoms. The number of hydrogen-bond donors (Lipinski definition) is 1. The molecular weight excluding hydrogens is 246 g/mol. The summed E-state index contributed by atoms with van der Waals surface area (Å²) in [7, 11) is 0. The second kappa shape index (κ2) is 5.40. The molecule has 110 valence electrons. The first-order chi connectivity index (χ1) is 9.58. The fraction of sp³-hybridized carbons (Fsp3) is 0.667. The molecule has 0 amide bonds. The fourth-order valence-corrected chi connectivity index (χ4v) is 3.14. The molecule has 1 aliphatic heterocycles. The number of para-hydroxylation sites is 1. The molecule has 1 aromatic carbocycles. The van der Waals surface area contributed by atoms with Crippen molar-refractivity contribution in [2.45, 2.75) is 52.0 Å². The van der Waals surface area contributed by atoms with Crippen molar-refractivity contribution in [3.8, 4) is 5.75 Å². The molecule has 2 atom stereocenters. The van der Waals surface area contributed by atoms with Gasteiger partial charge < -0.3 is 10.1 Å². The van der Waals surface area contributed by atoms with Gasteiger partial charge in [0.1, 0.15) is 5.75 Å². The summed E-state index contributed by atoms with van der Waals surface area (Å²) in [5.74, 6) is 2.33. The highest BCUT2D eigenvalue weighted by Crippen LogP contribution is 2.43. The molecule has 2 heteroatoms. The van der Waals surface area contributed by atoms with Gasteiger partial charge in [-0.25, -0.2) is 0 Å². The van der Waals surface area contributed by atoms with Gasteiger partial charge in [0.25, 0.3) is 0 Å². The standard InChI is InChI=1S/C18H27NO/c1-13(2)18(3,12-19-15-8-9-15)10-14-11-20-17-7-5-4-6-16(14)17/h4-7,13-15,19H,8-12H2,1-3H3. The van der Waals surface area contributed by atoms with Gasteiger partial charge in [-0.15, -0.1) is 0 Å². The van der Waals surface area contributed by atoms with Crippen molar-refractivity contribution in [1.29, 1.82) is 0 Å². The lowest BCUT2D eigenvalue weighted by molar-refractivity contribution is 0.165. The number of benzene rings is 1. The van der Waals surface area contributed by atoms with Gasteiger partial charge in [-0.05, 0) is 36.7 Å². The zero-order chi connectivity index (χ0) is 14.2. The highest BCUT2D eigenvalue weighted by molar-refractivity contribution is 5.39. The van der Waals surface area contributed by atoms with E-state index in [0.717, 1.165) is 24.9 Å². The topological polar surface area (TPSA) is 21.3 Å². The lowest BCUT2D eigenvalue weighted by Gasteiger charge is -2.36. The van der Waals surface area contributed by atoms with Crippen LogP contribution in [0.25, 0.3) is 0 Å². The minimum Gasteiger partial charge on any atom is -0.493 e. The van der Waals surface area contributed by atoms with Crippen LogP contribution in [0.4, 0.5) is 0 Å². The third-order valence-corrected chi connectivity index (χ3v) is 5.28. The quantitative estimate of drug-likeness (QED) is 0.847. The molecule has 1 heterocycles. The smallest absolute Gasteiger partial charge is 0.122 e. The first kappa shape index (κ1) is 13.9. The Morgan fingerprint density at radius 3 is 2.75 bits per heavy atom. The van der Waals surface area contributed by atoms with E-state index in [2.05, 4.69) is 50.4 Å². The van der Waals surface area contributed by atoms with Gasteiger partial charge in [0, 0.05) is 24.1 Å². The van der Waals surface area contributed by atoms with Crippen LogP contribution in [0.1, 0.15) is 51.5 Å². The van der Waals surface area contributed by atoms with Crippen LogP contribution < -0.4 is 10.1 Å². The summed E-state index contributed by atoms with van der Waals surface area (Å²) < 4.78 is 5.85. The van der Waals surface area contributed by atoms with Crippen molar-refractivity contribution < 1.29 is 4.74 Å². The maximum atomic E-state index is 5.85. The van der Waals surface area contributed by atoms with E-state index in [0.29, 0.717) is 17.3 Å². The Morgan fingerprint density at radius 1 is 1.30 bits per heavy atom. The van der Waals surface area contributed by atoms with Gasteiger partial charge in [-0.1, -0.05) is 39.0 Å². The van der Waals surface area contributed by atoms with E-state index < -0.39 is 0 Å². The molecule has 2 unspecified atom stereocenters. The van der Waals surface area contributed by atoms with Crippen LogP contribution in [0.2, 0.25) is 0 Å². The molecule has 1 N–H and O–H groups in total. The molecule has 3 rings (SSSR count). The molecule has 0 saturated heterocycles. The third kappa shape index (κ3) is 2.85. The molecule has 0 aromatic heterocycles. The molecule has 2 aliphatic rings. The van der Waals surface area contributed by atoms with E-state index in [9.17, 15) is 0 Å². The number of rotatable bonds is 6. The zero-order valence-electron chi connectivity index (χ0n) is 13.0. The van der Waals surface area contributed by atoms with Crippen molar-refractivity contribution in [3.63, 3.8) is 0 Å². The minimum absolute atomic E-state index is 0.341. The summed E-state index contributed by atoms with van der Waals surface area (Å²) in [4.78, 5) is 0. The fourth-order valence-electron chi connectivity index (χ4n) is 3.14. The summed E-state index contributed by atoms with van der Waals surface area (Å²) in [6.45, 7) is 9.14. The molecular formula is C18H27NO. The Balaban J connectivity index is 1.70. The van der Waals surface area contributed by atoms with Crippen LogP contribution in [-0.4, -0.2) is 19.2 Å². The third-order valence-electron chi connectivity index (χ3n) is 5.28. The maximum absolute atomic E-state index is 5.85. The van der Waals surface area contributed by atoms with Crippen molar-refractivity contribution in [2.75, 3.05) is 13.2 Å². The average Bonchev–Trinajstić information content (AvgIpc) is 3.19. The number of nitrogens with one attached hydrogen (secondary N) is 1. The zero-order valence-corrected chi connectivity index (χ0v) is 13.0. The van der Waals surface area contributed by atoms with Crippen LogP contribution in [-0.2, 0) is 0 Å². The van der Waals surface area contributed by atoms with Crippen molar-refractivity contribution in [3.05, 3.63) is 29.8 Å². The molecule has 1 aliphatic carbocycles. The largest absolute Gasteiger partial charge is 0.493 e. The van der Waals surface area contributed by atoms with E-state index in [4.69, 9.17) is 4.74 Å². The SMILES string of the molecule is CC(C)C(C)(CNC1CC1)CC1COc2ccccc21. The summed E-state index contributed by atoms with van der Waals surface area (Å²) in [5.41, 5.74) is 1.75. The van der Waals surface area contributed by atoms with Crippen LogP contribution in [0, 0.1) is 11.3 Å². The summed E-state index contributed by atoms with van der Waals surface area (Å²) in [5, 5.41) is 3.74. The Kier molecular flexibility index (Phi) is 3.76. The van der Waals surface area contributed by atoms with Crippen LogP contribution in [0.15, 0.2) is 24.3 Å². The molecule has 20 heavy (non-hydrogen) atoms. The molecule has 0 radical (unpaired) electrons. The van der Waals surface area contributed by atoms with Crippen molar-refractivity contribution in [2.24, 2.45) is 11.3 Å². The van der Waals surface area contributed by atoms with Gasteiger partial charge in [0.2, 0.25) is 0 Å². The molecule has 2 nitrogen and oxygen atoms in total. The normalized spacial score (nSPS) is 24.3. The summed E-state index contributed by atoms with van der Waals surface area (Å²) in [6, 6.07) is 9.33. The maximum Gasteiger partial charge on any atom is 0.122 e. The molecule has 1 saturated carbocycles. The van der Waals surface area contributed by atoms with E-state index in [-0.39, 0.29) is 0 Å². The minimum atomic E-state index is 0.341. The van der Waals surface area contributed by atoms with Crippen LogP contribution in [0.5, 0.6) is 5.75 Å². The van der Waals surface area contributed by atoms with E-state index in [1.165, 1.54) is 24.8 Å². The summed E-state index contributed by atoms with van der Waals surface area (Å²) >= 11 is 0. The number of ether oxygens (including phenoxy) is 1. The van der Waals surface area contributed by atoms with Gasteiger partial charge in [-0.3, -0.25) is 0 Å². The highest BCUT2D eigenvalue weighted by atomic mass is 16.5. The lowest BCUT2D eigenvalue weighted by atomic mass is 9.71. The lowest BCUT2D eigenvalue weighted by Crippen LogP contribution is -2.38. The van der Waals surface area contributed by atoms with Gasteiger partial charge in [0.15, 0.2) is 0 Å². The Morgan fingerprint density at radius 2 is 2.05 bits per heavy atom. The van der Waals surface area contributed by atoms with Gasteiger partial charge in [-0.2, -0.15) is 0 Å². The first-order valence-electron chi connectivity index (χ1n) is 8.03. The monoisotopic (exact) mass is 273 g/mol. The Labute approximate surface area is 122 Å². The number of hydrogen-bond acceptors (Lipinski definition) is 2. The predicted octanol–water partition coefficient (Wildman–Crippen LogP) is 3.97. The molecule has 1 fully saturated rings. The van der Waals surface area contributed by atoms with Crippen molar-refractivity contribution in [1.82, 2.24) is 5.32 Å². The Bertz CT molecular complexity index is 466. The second-order valence-electron chi connectivity index (χ2n) is 7.21. The number of fused-ring (bicyclic) bond motifs is 1. The highest BCUT2D eigenvalue weighted by Gasteiger charge is 2.36. The van der Waals surface area contributed by atoms with Gasteiger partial charge >= 0.3 is 0 Å². The average molecular weight is 273 g/mol. The Hall–Kier alpha value is -1.02. The predicted molar refractivity (Wildman–Crippen MR) is 83.3 cm³/mol.